The Kier molecular flexibility index (Phi) is 3.81. The lowest BCUT2D eigenvalue weighted by atomic mass is 10.1. The zero-order chi connectivity index (χ0) is 12.3. The number of anilines is 2. The Hall–Kier alpha value is -1.33. The van der Waals surface area contributed by atoms with Crippen LogP contribution in [0.3, 0.4) is 0 Å². The molecule has 1 unspecified atom stereocenters. The van der Waals surface area contributed by atoms with Crippen LogP contribution < -0.4 is 11.1 Å². The van der Waals surface area contributed by atoms with E-state index in [1.807, 2.05) is 12.1 Å². The van der Waals surface area contributed by atoms with E-state index in [1.165, 1.54) is 0 Å². The highest BCUT2D eigenvalue weighted by Crippen LogP contribution is 2.30. The van der Waals surface area contributed by atoms with Crippen LogP contribution in [0.2, 0.25) is 0 Å². The van der Waals surface area contributed by atoms with Gasteiger partial charge in [-0.15, -0.1) is 11.3 Å². The molecule has 4 nitrogen and oxygen atoms in total. The molecule has 0 amide bonds. The number of hydrogen-bond donors (Lipinski definition) is 3. The highest BCUT2D eigenvalue weighted by atomic mass is 32.1. The maximum absolute atomic E-state index is 8.79. The molecule has 17 heavy (non-hydrogen) atoms. The second-order valence-corrected chi connectivity index (χ2v) is 5.02. The van der Waals surface area contributed by atoms with Crippen LogP contribution in [-0.4, -0.2) is 22.7 Å². The van der Waals surface area contributed by atoms with Gasteiger partial charge in [0.2, 0.25) is 0 Å². The van der Waals surface area contributed by atoms with Gasteiger partial charge in [0.25, 0.3) is 0 Å². The quantitative estimate of drug-likeness (QED) is 0.714. The van der Waals surface area contributed by atoms with Crippen molar-refractivity contribution >= 4 is 32.9 Å². The van der Waals surface area contributed by atoms with Gasteiger partial charge in [-0.25, -0.2) is 4.98 Å². The van der Waals surface area contributed by atoms with Crippen LogP contribution in [0.1, 0.15) is 19.8 Å². The normalized spacial score (nSPS) is 12.8. The molecule has 0 fully saturated rings. The van der Waals surface area contributed by atoms with Crippen molar-refractivity contribution in [1.82, 2.24) is 4.98 Å². The molecular weight excluding hydrogens is 234 g/mol. The first-order valence-electron chi connectivity index (χ1n) is 5.71. The van der Waals surface area contributed by atoms with Crippen LogP contribution in [-0.2, 0) is 0 Å². The van der Waals surface area contributed by atoms with Crippen molar-refractivity contribution in [3.63, 3.8) is 0 Å². The molecule has 1 atom stereocenters. The van der Waals surface area contributed by atoms with Crippen LogP contribution >= 0.6 is 11.3 Å². The Morgan fingerprint density at radius 2 is 2.35 bits per heavy atom. The Bertz CT molecular complexity index is 497. The second-order valence-electron chi connectivity index (χ2n) is 4.14. The van der Waals surface area contributed by atoms with E-state index >= 15 is 0 Å². The summed E-state index contributed by atoms with van der Waals surface area (Å²) in [6, 6.07) is 4.32. The van der Waals surface area contributed by atoms with Crippen molar-refractivity contribution in [2.75, 3.05) is 17.7 Å². The minimum absolute atomic E-state index is 0.229. The first-order valence-corrected chi connectivity index (χ1v) is 6.59. The summed E-state index contributed by atoms with van der Waals surface area (Å²) in [4.78, 5) is 4.26. The van der Waals surface area contributed by atoms with E-state index in [-0.39, 0.29) is 6.61 Å². The molecule has 0 saturated heterocycles. The van der Waals surface area contributed by atoms with Gasteiger partial charge in [0.1, 0.15) is 5.52 Å². The first-order chi connectivity index (χ1) is 8.22. The monoisotopic (exact) mass is 251 g/mol. The number of rotatable bonds is 5. The van der Waals surface area contributed by atoms with E-state index in [9.17, 15) is 0 Å². The highest BCUT2D eigenvalue weighted by molar-refractivity contribution is 7.16. The molecule has 4 N–H and O–H groups in total. The average molecular weight is 251 g/mol. The summed E-state index contributed by atoms with van der Waals surface area (Å²) < 4.78 is 1.11. The fraction of sp³-hybridized carbons (Fsp3) is 0.417. The molecule has 1 heterocycles. The zero-order valence-corrected chi connectivity index (χ0v) is 10.6. The van der Waals surface area contributed by atoms with E-state index < -0.39 is 0 Å². The molecule has 1 aromatic carbocycles. The second kappa shape index (κ2) is 5.33. The van der Waals surface area contributed by atoms with Gasteiger partial charge < -0.3 is 16.2 Å². The van der Waals surface area contributed by atoms with Crippen molar-refractivity contribution in [2.24, 2.45) is 0 Å². The third-order valence-corrected chi connectivity index (χ3v) is 3.53. The van der Waals surface area contributed by atoms with E-state index in [1.54, 1.807) is 16.8 Å². The molecule has 0 aliphatic heterocycles. The molecule has 2 aromatic rings. The molecule has 0 radical (unpaired) electrons. The molecule has 1 aromatic heterocycles. The predicted octanol–water partition coefficient (Wildman–Crippen LogP) is 2.45. The summed E-state index contributed by atoms with van der Waals surface area (Å²) in [6.45, 7) is 2.31. The number of nitrogens with zero attached hydrogens (tertiary/aromatic N) is 1. The Balaban J connectivity index is 2.15. The lowest BCUT2D eigenvalue weighted by Gasteiger charge is -2.16. The summed E-state index contributed by atoms with van der Waals surface area (Å²) >= 11 is 1.59. The third-order valence-electron chi connectivity index (χ3n) is 2.74. The van der Waals surface area contributed by atoms with Gasteiger partial charge >= 0.3 is 0 Å². The van der Waals surface area contributed by atoms with Crippen LogP contribution in [0.25, 0.3) is 10.2 Å². The molecule has 92 valence electrons. The van der Waals surface area contributed by atoms with E-state index in [0.29, 0.717) is 11.7 Å². The average Bonchev–Trinajstić information content (AvgIpc) is 2.79. The van der Waals surface area contributed by atoms with Crippen molar-refractivity contribution in [1.29, 1.82) is 0 Å². The van der Waals surface area contributed by atoms with Gasteiger partial charge in [0.15, 0.2) is 0 Å². The standard InChI is InChI=1S/C12H17N3OS/c1-8(3-2-6-16)15-9-4-5-10-12(11(9)13)14-7-17-10/h4-5,7-8,15-16H,2-3,6,13H2,1H3. The maximum atomic E-state index is 8.79. The molecule has 5 heteroatoms. The number of nitrogens with one attached hydrogen (secondary N) is 1. The molecule has 2 rings (SSSR count). The maximum Gasteiger partial charge on any atom is 0.106 e. The SMILES string of the molecule is CC(CCCO)Nc1ccc2scnc2c1N. The van der Waals surface area contributed by atoms with Crippen molar-refractivity contribution in [2.45, 2.75) is 25.8 Å². The number of aromatic nitrogens is 1. The summed E-state index contributed by atoms with van der Waals surface area (Å²) in [7, 11) is 0. The fourth-order valence-electron chi connectivity index (χ4n) is 1.81. The molecule has 0 spiro atoms. The lowest BCUT2D eigenvalue weighted by molar-refractivity contribution is 0.282. The Morgan fingerprint density at radius 3 is 3.12 bits per heavy atom. The van der Waals surface area contributed by atoms with Gasteiger partial charge in [0, 0.05) is 12.6 Å². The smallest absolute Gasteiger partial charge is 0.106 e. The largest absolute Gasteiger partial charge is 0.396 e. The summed E-state index contributed by atoms with van der Waals surface area (Å²) in [6.07, 6.45) is 1.72. The third kappa shape index (κ3) is 2.68. The number of aliphatic hydroxyl groups is 1. The van der Waals surface area contributed by atoms with Crippen LogP contribution in [0.15, 0.2) is 17.6 Å². The molecule has 0 aliphatic carbocycles. The molecule has 0 saturated carbocycles. The number of benzene rings is 1. The van der Waals surface area contributed by atoms with Crippen LogP contribution in [0, 0.1) is 0 Å². The summed E-state index contributed by atoms with van der Waals surface area (Å²) in [5, 5.41) is 12.1. The number of aliphatic hydroxyl groups excluding tert-OH is 1. The number of thiazole rings is 1. The van der Waals surface area contributed by atoms with Gasteiger partial charge in [-0.2, -0.15) is 0 Å². The van der Waals surface area contributed by atoms with Gasteiger partial charge in [-0.1, -0.05) is 0 Å². The van der Waals surface area contributed by atoms with E-state index in [0.717, 1.165) is 28.7 Å². The van der Waals surface area contributed by atoms with Crippen molar-refractivity contribution in [3.8, 4) is 0 Å². The van der Waals surface area contributed by atoms with Gasteiger partial charge in [-0.05, 0) is 31.9 Å². The number of nitrogen functional groups attached to an aromatic ring is 1. The summed E-state index contributed by atoms with van der Waals surface area (Å²) in [5.74, 6) is 0. The lowest BCUT2D eigenvalue weighted by Crippen LogP contribution is -2.16. The molecule has 0 bridgehead atoms. The highest BCUT2D eigenvalue weighted by Gasteiger charge is 2.09. The Morgan fingerprint density at radius 1 is 1.53 bits per heavy atom. The topological polar surface area (TPSA) is 71.2 Å². The molecule has 0 aliphatic rings. The summed E-state index contributed by atoms with van der Waals surface area (Å²) in [5.41, 5.74) is 10.4. The van der Waals surface area contributed by atoms with Crippen LogP contribution in [0.4, 0.5) is 11.4 Å². The minimum atomic E-state index is 0.229. The van der Waals surface area contributed by atoms with Crippen molar-refractivity contribution in [3.05, 3.63) is 17.6 Å². The zero-order valence-electron chi connectivity index (χ0n) is 9.81. The van der Waals surface area contributed by atoms with Gasteiger partial charge in [0.05, 0.1) is 21.6 Å². The minimum Gasteiger partial charge on any atom is -0.396 e. The molecular formula is C12H17N3OS. The number of hydrogen-bond acceptors (Lipinski definition) is 5. The number of fused-ring (bicyclic) bond motifs is 1. The van der Waals surface area contributed by atoms with E-state index in [2.05, 4.69) is 17.2 Å². The number of nitrogens with two attached hydrogens (primary N) is 1. The fourth-order valence-corrected chi connectivity index (χ4v) is 2.51. The van der Waals surface area contributed by atoms with Crippen LogP contribution in [0.5, 0.6) is 0 Å². The van der Waals surface area contributed by atoms with E-state index in [4.69, 9.17) is 10.8 Å². The predicted molar refractivity (Wildman–Crippen MR) is 73.4 cm³/mol. The van der Waals surface area contributed by atoms with Crippen molar-refractivity contribution < 1.29 is 5.11 Å². The van der Waals surface area contributed by atoms with Gasteiger partial charge in [-0.3, -0.25) is 0 Å². The first kappa shape index (κ1) is 12.1. The Labute approximate surface area is 104 Å².